The Bertz CT molecular complexity index is 1100. The molecule has 0 unspecified atom stereocenters. The maximum Gasteiger partial charge on any atom is 0.416 e. The lowest BCUT2D eigenvalue weighted by Crippen LogP contribution is -2.33. The number of hydrazine groups is 1. The van der Waals surface area contributed by atoms with Gasteiger partial charge in [-0.3, -0.25) is 9.80 Å². The molecule has 4 rings (SSSR count). The largest absolute Gasteiger partial charge is 0.416 e. The van der Waals surface area contributed by atoms with Gasteiger partial charge in [0, 0.05) is 38.1 Å². The van der Waals surface area contributed by atoms with E-state index in [2.05, 4.69) is 4.98 Å². The predicted octanol–water partition coefficient (Wildman–Crippen LogP) is 4.30. The number of fused-ring (bicyclic) bond motifs is 1. The SMILES string of the molecule is CN(C(=O)c1ccc(F)cn1)C1=CC2=C(c3ccc(C(F)(F)F)cc3)CN(C)N2C=C1. The van der Waals surface area contributed by atoms with Crippen LogP contribution in [0.15, 0.2) is 72.3 Å². The van der Waals surface area contributed by atoms with Crippen LogP contribution in [0.3, 0.4) is 0 Å². The molecule has 31 heavy (non-hydrogen) atoms. The third-order valence-corrected chi connectivity index (χ3v) is 5.18. The van der Waals surface area contributed by atoms with E-state index in [9.17, 15) is 22.4 Å². The van der Waals surface area contributed by atoms with E-state index in [4.69, 9.17) is 0 Å². The first-order valence-electron chi connectivity index (χ1n) is 9.36. The summed E-state index contributed by atoms with van der Waals surface area (Å²) in [6.07, 6.45) is 1.90. The monoisotopic (exact) mass is 430 g/mol. The number of pyridine rings is 1. The number of hydrogen-bond acceptors (Lipinski definition) is 4. The number of amides is 1. The van der Waals surface area contributed by atoms with E-state index in [1.54, 1.807) is 25.4 Å². The summed E-state index contributed by atoms with van der Waals surface area (Å²) in [4.78, 5) is 17.9. The van der Waals surface area contributed by atoms with Crippen molar-refractivity contribution in [1.82, 2.24) is 19.9 Å². The quantitative estimate of drug-likeness (QED) is 0.681. The first-order valence-corrected chi connectivity index (χ1v) is 9.36. The first-order chi connectivity index (χ1) is 14.6. The molecule has 160 valence electrons. The lowest BCUT2D eigenvalue weighted by molar-refractivity contribution is -0.137. The van der Waals surface area contributed by atoms with Crippen LogP contribution < -0.4 is 0 Å². The molecule has 1 amide bonds. The van der Waals surface area contributed by atoms with Gasteiger partial charge in [-0.05, 0) is 42.0 Å². The summed E-state index contributed by atoms with van der Waals surface area (Å²) in [6, 6.07) is 7.49. The normalized spacial score (nSPS) is 16.5. The number of likely N-dealkylation sites (N-methyl/N-ethyl adjacent to an activating group) is 2. The van der Waals surface area contributed by atoms with E-state index >= 15 is 0 Å². The van der Waals surface area contributed by atoms with E-state index in [1.807, 2.05) is 17.1 Å². The molecule has 0 saturated heterocycles. The van der Waals surface area contributed by atoms with Gasteiger partial charge in [0.15, 0.2) is 0 Å². The minimum Gasteiger partial charge on any atom is -0.310 e. The number of rotatable bonds is 3. The third kappa shape index (κ3) is 3.96. The molecule has 0 spiro atoms. The molecule has 0 fully saturated rings. The van der Waals surface area contributed by atoms with Crippen molar-refractivity contribution in [2.45, 2.75) is 6.18 Å². The molecule has 0 radical (unpaired) electrons. The number of carbonyl (C=O) groups excluding carboxylic acids is 1. The van der Waals surface area contributed by atoms with Gasteiger partial charge in [0.1, 0.15) is 11.5 Å². The maximum absolute atomic E-state index is 13.1. The number of aromatic nitrogens is 1. The fourth-order valence-electron chi connectivity index (χ4n) is 3.49. The van der Waals surface area contributed by atoms with Crippen LogP contribution in [-0.2, 0) is 6.18 Å². The van der Waals surface area contributed by atoms with E-state index in [0.717, 1.165) is 35.7 Å². The van der Waals surface area contributed by atoms with Crippen molar-refractivity contribution in [1.29, 1.82) is 0 Å². The van der Waals surface area contributed by atoms with E-state index in [0.29, 0.717) is 17.8 Å². The number of benzene rings is 1. The number of halogens is 4. The molecule has 0 saturated carbocycles. The minimum absolute atomic E-state index is 0.0983. The summed E-state index contributed by atoms with van der Waals surface area (Å²) in [7, 11) is 3.44. The molecular formula is C22H18F4N4O. The second-order valence-electron chi connectivity index (χ2n) is 7.21. The fourth-order valence-corrected chi connectivity index (χ4v) is 3.49. The summed E-state index contributed by atoms with van der Waals surface area (Å²) in [5, 5.41) is 3.78. The van der Waals surface area contributed by atoms with Crippen LogP contribution in [0.5, 0.6) is 0 Å². The zero-order chi connectivity index (χ0) is 22.3. The Labute approximate surface area is 176 Å². The average Bonchev–Trinajstić information content (AvgIpc) is 3.08. The van der Waals surface area contributed by atoms with Gasteiger partial charge in [0.2, 0.25) is 0 Å². The Hall–Kier alpha value is -3.46. The van der Waals surface area contributed by atoms with Gasteiger partial charge < -0.3 is 4.90 Å². The van der Waals surface area contributed by atoms with Gasteiger partial charge in [-0.15, -0.1) is 0 Å². The third-order valence-electron chi connectivity index (χ3n) is 5.18. The van der Waals surface area contributed by atoms with Crippen molar-refractivity contribution in [2.24, 2.45) is 0 Å². The second-order valence-corrected chi connectivity index (χ2v) is 7.21. The molecule has 3 heterocycles. The Kier molecular flexibility index (Phi) is 5.14. The molecule has 1 aromatic heterocycles. The van der Waals surface area contributed by atoms with Crippen LogP contribution in [0.1, 0.15) is 21.6 Å². The van der Waals surface area contributed by atoms with Crippen LogP contribution in [0.25, 0.3) is 5.57 Å². The molecule has 2 aliphatic rings. The highest BCUT2D eigenvalue weighted by Crippen LogP contribution is 2.36. The van der Waals surface area contributed by atoms with Crippen molar-refractivity contribution in [3.8, 4) is 0 Å². The topological polar surface area (TPSA) is 39.7 Å². The van der Waals surface area contributed by atoms with Crippen molar-refractivity contribution in [2.75, 3.05) is 20.6 Å². The lowest BCUT2D eigenvalue weighted by Gasteiger charge is -2.29. The van der Waals surface area contributed by atoms with Gasteiger partial charge in [-0.1, -0.05) is 12.1 Å². The number of nitrogens with zero attached hydrogens (tertiary/aromatic N) is 4. The van der Waals surface area contributed by atoms with E-state index < -0.39 is 23.5 Å². The maximum atomic E-state index is 13.1. The van der Waals surface area contributed by atoms with E-state index in [-0.39, 0.29) is 5.69 Å². The Morgan fingerprint density at radius 3 is 2.45 bits per heavy atom. The first kappa shape index (κ1) is 20.8. The highest BCUT2D eigenvalue weighted by Gasteiger charge is 2.32. The van der Waals surface area contributed by atoms with E-state index in [1.165, 1.54) is 23.1 Å². The molecule has 0 aliphatic carbocycles. The van der Waals surface area contributed by atoms with Gasteiger partial charge in [-0.2, -0.15) is 13.2 Å². The molecule has 5 nitrogen and oxygen atoms in total. The second kappa shape index (κ2) is 7.66. The van der Waals surface area contributed by atoms with Gasteiger partial charge in [-0.25, -0.2) is 14.4 Å². The molecular weight excluding hydrogens is 412 g/mol. The summed E-state index contributed by atoms with van der Waals surface area (Å²) in [5.74, 6) is -0.945. The molecule has 0 bridgehead atoms. The molecule has 1 aromatic carbocycles. The smallest absolute Gasteiger partial charge is 0.310 e. The number of hydrogen-bond donors (Lipinski definition) is 0. The number of carbonyl (C=O) groups is 1. The molecule has 2 aromatic rings. The van der Waals surface area contributed by atoms with Crippen molar-refractivity contribution < 1.29 is 22.4 Å². The number of alkyl halides is 3. The highest BCUT2D eigenvalue weighted by atomic mass is 19.4. The van der Waals surface area contributed by atoms with Crippen LogP contribution in [-0.4, -0.2) is 46.4 Å². The van der Waals surface area contributed by atoms with Crippen LogP contribution in [0, 0.1) is 5.82 Å². The van der Waals surface area contributed by atoms with Gasteiger partial charge >= 0.3 is 6.18 Å². The summed E-state index contributed by atoms with van der Waals surface area (Å²) in [6.45, 7) is 0.492. The highest BCUT2D eigenvalue weighted by molar-refractivity contribution is 5.93. The van der Waals surface area contributed by atoms with Crippen LogP contribution >= 0.6 is 0 Å². The molecule has 2 aliphatic heterocycles. The number of allylic oxidation sites excluding steroid dienone is 2. The van der Waals surface area contributed by atoms with Crippen molar-refractivity contribution in [3.63, 3.8) is 0 Å². The standard InChI is InChI=1S/C22H18F4N4O/c1-28-13-18(14-3-5-15(6-4-14)22(24,25)26)20-11-17(9-10-30(20)28)29(2)21(31)19-8-7-16(23)12-27-19/h3-12H,13H2,1-2H3. The molecule has 0 atom stereocenters. The van der Waals surface area contributed by atoms with Crippen molar-refractivity contribution in [3.05, 3.63) is 95.0 Å². The Morgan fingerprint density at radius 1 is 1.13 bits per heavy atom. The van der Waals surface area contributed by atoms with Gasteiger partial charge in [0.05, 0.1) is 17.5 Å². The summed E-state index contributed by atoms with van der Waals surface area (Å²) >= 11 is 0. The summed E-state index contributed by atoms with van der Waals surface area (Å²) < 4.78 is 51.8. The summed E-state index contributed by atoms with van der Waals surface area (Å²) in [5.41, 5.74) is 2.22. The van der Waals surface area contributed by atoms with Gasteiger partial charge in [0.25, 0.3) is 5.91 Å². The average molecular weight is 430 g/mol. The predicted molar refractivity (Wildman–Crippen MR) is 106 cm³/mol. The fraction of sp³-hybridized carbons (Fsp3) is 0.182. The van der Waals surface area contributed by atoms with Crippen LogP contribution in [0.4, 0.5) is 17.6 Å². The minimum atomic E-state index is -4.40. The van der Waals surface area contributed by atoms with Crippen molar-refractivity contribution >= 4 is 11.5 Å². The zero-order valence-electron chi connectivity index (χ0n) is 16.7. The molecule has 0 N–H and O–H groups in total. The Morgan fingerprint density at radius 2 is 1.84 bits per heavy atom. The zero-order valence-corrected chi connectivity index (χ0v) is 16.7. The lowest BCUT2D eigenvalue weighted by atomic mass is 10.0. The van der Waals surface area contributed by atoms with Crippen LogP contribution in [0.2, 0.25) is 0 Å². The Balaban J connectivity index is 1.67. The molecule has 9 heteroatoms.